The number of nitrogens with zero attached hydrogens (tertiary/aromatic N) is 3. The Hall–Kier alpha value is -2.60. The predicted octanol–water partition coefficient (Wildman–Crippen LogP) is 5.63. The minimum Gasteiger partial charge on any atom is -0.326 e. The second kappa shape index (κ2) is 8.07. The number of sulfone groups is 1. The highest BCUT2D eigenvalue weighted by atomic mass is 35.5. The van der Waals surface area contributed by atoms with Gasteiger partial charge in [0.2, 0.25) is 0 Å². The second-order valence-electron chi connectivity index (χ2n) is 6.69. The topological polar surface area (TPSA) is 64.8 Å². The highest BCUT2D eigenvalue weighted by Crippen LogP contribution is 2.38. The molecule has 0 radical (unpaired) electrons. The lowest BCUT2D eigenvalue weighted by Gasteiger charge is -2.14. The van der Waals surface area contributed by atoms with Crippen LogP contribution in [0.3, 0.4) is 0 Å². The molecule has 0 N–H and O–H groups in total. The van der Waals surface area contributed by atoms with Crippen molar-refractivity contribution >= 4 is 21.4 Å². The summed E-state index contributed by atoms with van der Waals surface area (Å²) < 4.78 is 105. The van der Waals surface area contributed by atoms with E-state index in [-0.39, 0.29) is 22.8 Å². The Morgan fingerprint density at radius 2 is 1.66 bits per heavy atom. The van der Waals surface area contributed by atoms with Gasteiger partial charge in [0.1, 0.15) is 5.69 Å². The molecule has 1 aromatic carbocycles. The van der Waals surface area contributed by atoms with Gasteiger partial charge < -0.3 is 4.57 Å². The van der Waals surface area contributed by atoms with Crippen LogP contribution in [0.2, 0.25) is 5.02 Å². The van der Waals surface area contributed by atoms with E-state index < -0.39 is 49.0 Å². The van der Waals surface area contributed by atoms with Gasteiger partial charge in [-0.3, -0.25) is 4.98 Å². The molecule has 0 atom stereocenters. The van der Waals surface area contributed by atoms with Crippen molar-refractivity contribution in [2.24, 2.45) is 7.05 Å². The van der Waals surface area contributed by atoms with Crippen molar-refractivity contribution in [1.29, 1.82) is 0 Å². The third-order valence-electron chi connectivity index (χ3n) is 4.66. The molecule has 2 heterocycles. The van der Waals surface area contributed by atoms with Crippen molar-refractivity contribution in [3.8, 4) is 22.8 Å². The average Bonchev–Trinajstić information content (AvgIpc) is 3.07. The fraction of sp³-hybridized carbons (Fsp3) is 0.263. The molecular weight excluding hydrogens is 484 g/mol. The molecule has 3 aromatic rings. The summed E-state index contributed by atoms with van der Waals surface area (Å²) in [4.78, 5) is 7.02. The van der Waals surface area contributed by atoms with Crippen LogP contribution in [0.15, 0.2) is 41.6 Å². The molecule has 0 aliphatic heterocycles. The zero-order valence-electron chi connectivity index (χ0n) is 16.4. The second-order valence-corrected chi connectivity index (χ2v) is 9.34. The lowest BCUT2D eigenvalue weighted by molar-refractivity contribution is -0.138. The molecule has 0 saturated carbocycles. The van der Waals surface area contributed by atoms with Crippen LogP contribution in [0.1, 0.15) is 18.1 Å². The molecule has 5 nitrogen and oxygen atoms in total. The molecule has 3 rings (SSSR count). The summed E-state index contributed by atoms with van der Waals surface area (Å²) in [5, 5.41) is -0.510. The standard InChI is InChI=1S/C19H14ClF6N3O2S/c1-3-32(30,31)15-7-11(18(21,22)23)8-27-16(15)17-28-9-14(29(17)2)10-4-5-13(20)12(6-10)19(24,25)26/h4-9H,3H2,1-2H3. The molecule has 0 fully saturated rings. The summed E-state index contributed by atoms with van der Waals surface area (Å²) in [7, 11) is -2.77. The molecule has 0 aliphatic carbocycles. The van der Waals surface area contributed by atoms with Gasteiger partial charge in [0.25, 0.3) is 0 Å². The summed E-state index contributed by atoms with van der Waals surface area (Å²) in [5.41, 5.74) is -2.48. The van der Waals surface area contributed by atoms with E-state index in [0.29, 0.717) is 12.3 Å². The summed E-state index contributed by atoms with van der Waals surface area (Å²) in [6.07, 6.45) is -7.90. The number of benzene rings is 1. The molecule has 13 heteroatoms. The molecule has 0 amide bonds. The molecule has 0 aliphatic rings. The van der Waals surface area contributed by atoms with Crippen molar-refractivity contribution in [2.45, 2.75) is 24.2 Å². The number of hydrogen-bond donors (Lipinski definition) is 0. The summed E-state index contributed by atoms with van der Waals surface area (Å²) >= 11 is 5.64. The van der Waals surface area contributed by atoms with E-state index in [1.165, 1.54) is 30.8 Å². The minimum absolute atomic E-state index is 0.0646. The quantitative estimate of drug-likeness (QED) is 0.438. The number of imidazole rings is 1. The van der Waals surface area contributed by atoms with Crippen LogP contribution in [0, 0.1) is 0 Å². The Bertz CT molecular complexity index is 1280. The third kappa shape index (κ3) is 4.46. The van der Waals surface area contributed by atoms with Gasteiger partial charge in [-0.15, -0.1) is 0 Å². The van der Waals surface area contributed by atoms with E-state index in [0.717, 1.165) is 12.1 Å². The minimum atomic E-state index is -4.83. The van der Waals surface area contributed by atoms with Crippen molar-refractivity contribution in [3.63, 3.8) is 0 Å². The van der Waals surface area contributed by atoms with Crippen LogP contribution in [0.5, 0.6) is 0 Å². The average molecular weight is 498 g/mol. The number of pyridine rings is 1. The fourth-order valence-corrected chi connectivity index (χ4v) is 4.24. The Morgan fingerprint density at radius 3 is 2.22 bits per heavy atom. The van der Waals surface area contributed by atoms with E-state index in [1.54, 1.807) is 0 Å². The van der Waals surface area contributed by atoms with Crippen molar-refractivity contribution < 1.29 is 34.8 Å². The first kappa shape index (κ1) is 24.1. The largest absolute Gasteiger partial charge is 0.417 e. The number of rotatable bonds is 4. The number of alkyl halides is 6. The lowest BCUT2D eigenvalue weighted by Crippen LogP contribution is -2.13. The van der Waals surface area contributed by atoms with Crippen LogP contribution in [0.25, 0.3) is 22.8 Å². The van der Waals surface area contributed by atoms with Crippen molar-refractivity contribution in [3.05, 3.63) is 52.8 Å². The summed E-state index contributed by atoms with van der Waals surface area (Å²) in [6.45, 7) is 1.26. The fourth-order valence-electron chi connectivity index (χ4n) is 2.96. The van der Waals surface area contributed by atoms with Crippen LogP contribution in [-0.4, -0.2) is 28.7 Å². The maximum absolute atomic E-state index is 13.2. The molecule has 32 heavy (non-hydrogen) atoms. The van der Waals surface area contributed by atoms with Crippen molar-refractivity contribution in [2.75, 3.05) is 5.75 Å². The maximum Gasteiger partial charge on any atom is 0.417 e. The highest BCUT2D eigenvalue weighted by molar-refractivity contribution is 7.91. The number of aromatic nitrogens is 3. The van der Waals surface area contributed by atoms with Crippen LogP contribution < -0.4 is 0 Å². The van der Waals surface area contributed by atoms with Crippen LogP contribution in [0.4, 0.5) is 26.3 Å². The first-order chi connectivity index (χ1) is 14.7. The molecule has 0 spiro atoms. The van der Waals surface area contributed by atoms with Gasteiger partial charge in [-0.25, -0.2) is 13.4 Å². The van der Waals surface area contributed by atoms with E-state index in [2.05, 4.69) is 9.97 Å². The van der Waals surface area contributed by atoms with E-state index in [4.69, 9.17) is 11.6 Å². The van der Waals surface area contributed by atoms with E-state index in [9.17, 15) is 34.8 Å². The smallest absolute Gasteiger partial charge is 0.326 e. The Kier molecular flexibility index (Phi) is 6.07. The van der Waals surface area contributed by atoms with E-state index in [1.807, 2.05) is 0 Å². The first-order valence-corrected chi connectivity index (χ1v) is 10.9. The van der Waals surface area contributed by atoms with Crippen LogP contribution >= 0.6 is 11.6 Å². The molecular formula is C19H14ClF6N3O2S. The van der Waals surface area contributed by atoms with Crippen molar-refractivity contribution in [1.82, 2.24) is 14.5 Å². The van der Waals surface area contributed by atoms with Gasteiger partial charge in [-0.05, 0) is 18.2 Å². The maximum atomic E-state index is 13.2. The summed E-state index contributed by atoms with van der Waals surface area (Å²) in [6, 6.07) is 3.63. The van der Waals surface area contributed by atoms with Gasteiger partial charge in [0, 0.05) is 18.8 Å². The van der Waals surface area contributed by atoms with Gasteiger partial charge in [-0.1, -0.05) is 24.6 Å². The monoisotopic (exact) mass is 497 g/mol. The zero-order valence-corrected chi connectivity index (χ0v) is 18.0. The third-order valence-corrected chi connectivity index (χ3v) is 6.73. The number of hydrogen-bond acceptors (Lipinski definition) is 4. The summed E-state index contributed by atoms with van der Waals surface area (Å²) in [5.74, 6) is -0.629. The SMILES string of the molecule is CCS(=O)(=O)c1cc(C(F)(F)F)cnc1-c1ncc(-c2ccc(Cl)c(C(F)(F)F)c2)n1C. The molecule has 0 saturated heterocycles. The van der Waals surface area contributed by atoms with Gasteiger partial charge >= 0.3 is 12.4 Å². The zero-order chi connectivity index (χ0) is 24.1. The lowest BCUT2D eigenvalue weighted by atomic mass is 10.1. The van der Waals surface area contributed by atoms with Gasteiger partial charge in [0.15, 0.2) is 15.7 Å². The normalized spacial score (nSPS) is 12.9. The Balaban J connectivity index is 2.21. The van der Waals surface area contributed by atoms with Gasteiger partial charge in [0.05, 0.1) is 38.7 Å². The first-order valence-electron chi connectivity index (χ1n) is 8.86. The molecule has 0 bridgehead atoms. The predicted molar refractivity (Wildman–Crippen MR) is 105 cm³/mol. The molecule has 2 aromatic heterocycles. The highest BCUT2D eigenvalue weighted by Gasteiger charge is 2.35. The Morgan fingerprint density at radius 1 is 1.00 bits per heavy atom. The number of halogens is 7. The van der Waals surface area contributed by atoms with Gasteiger partial charge in [-0.2, -0.15) is 26.3 Å². The van der Waals surface area contributed by atoms with E-state index >= 15 is 0 Å². The molecule has 172 valence electrons. The van der Waals surface area contributed by atoms with Crippen LogP contribution in [-0.2, 0) is 29.2 Å². The Labute approximate surface area is 183 Å². The molecule has 0 unspecified atom stereocenters.